The number of carbonyl (C=O) groups is 1. The first-order valence-electron chi connectivity index (χ1n) is 3.57. The summed E-state index contributed by atoms with van der Waals surface area (Å²) in [5, 5.41) is 18.7. The van der Waals surface area contributed by atoms with Gasteiger partial charge in [-0.1, -0.05) is 6.92 Å². The summed E-state index contributed by atoms with van der Waals surface area (Å²) in [6, 6.07) is 0. The van der Waals surface area contributed by atoms with Gasteiger partial charge < -0.3 is 14.9 Å². The fraction of sp³-hybridized carbons (Fsp3) is 0.857. The first-order valence-corrected chi connectivity index (χ1v) is 3.57. The van der Waals surface area contributed by atoms with Gasteiger partial charge in [-0.3, -0.25) is 0 Å². The quantitative estimate of drug-likeness (QED) is 0.497. The third-order valence-electron chi connectivity index (χ3n) is 2.18. The van der Waals surface area contributed by atoms with E-state index in [9.17, 15) is 9.90 Å². The summed E-state index contributed by atoms with van der Waals surface area (Å²) in [7, 11) is 0. The molecule has 1 fully saturated rings. The fourth-order valence-corrected chi connectivity index (χ4v) is 1.23. The minimum absolute atomic E-state index is 0.181. The molecular formula is C7H12O4. The second-order valence-corrected chi connectivity index (χ2v) is 3.00. The molecule has 3 atom stereocenters. The Balaban J connectivity index is 2.89. The Morgan fingerprint density at radius 1 is 1.82 bits per heavy atom. The average Bonchev–Trinajstić information content (AvgIpc) is 2.18. The van der Waals surface area contributed by atoms with Crippen molar-refractivity contribution in [3.63, 3.8) is 0 Å². The molecule has 3 unspecified atom stereocenters. The fourth-order valence-electron chi connectivity index (χ4n) is 1.23. The van der Waals surface area contributed by atoms with Crippen molar-refractivity contribution in [3.05, 3.63) is 0 Å². The number of esters is 1. The van der Waals surface area contributed by atoms with E-state index in [-0.39, 0.29) is 12.5 Å². The zero-order valence-electron chi connectivity index (χ0n) is 6.57. The Morgan fingerprint density at radius 2 is 2.36 bits per heavy atom. The summed E-state index contributed by atoms with van der Waals surface area (Å²) in [6.45, 7) is 3.22. The van der Waals surface area contributed by atoms with Crippen LogP contribution in [0, 0.1) is 5.92 Å². The minimum Gasteiger partial charge on any atom is -0.463 e. The van der Waals surface area contributed by atoms with Crippen LogP contribution in [0.3, 0.4) is 0 Å². The van der Waals surface area contributed by atoms with E-state index in [0.29, 0.717) is 0 Å². The van der Waals surface area contributed by atoms with Gasteiger partial charge >= 0.3 is 5.97 Å². The van der Waals surface area contributed by atoms with Crippen molar-refractivity contribution < 1.29 is 19.7 Å². The molecule has 1 aliphatic heterocycles. The summed E-state index contributed by atoms with van der Waals surface area (Å²) in [5.74, 6) is -1.06. The van der Waals surface area contributed by atoms with Crippen molar-refractivity contribution in [1.82, 2.24) is 0 Å². The highest BCUT2D eigenvalue weighted by atomic mass is 16.6. The van der Waals surface area contributed by atoms with Crippen molar-refractivity contribution in [2.75, 3.05) is 6.61 Å². The molecule has 0 amide bonds. The molecule has 0 aromatic carbocycles. The molecule has 1 saturated heterocycles. The maximum Gasteiger partial charge on any atom is 0.341 e. The van der Waals surface area contributed by atoms with Gasteiger partial charge in [0.15, 0.2) is 5.60 Å². The standard InChI is InChI=1S/C7H12O4/c1-4-3-11-6(9)7(4,10)5(2)8/h4-5,8,10H,3H2,1-2H3. The van der Waals surface area contributed by atoms with E-state index in [0.717, 1.165) is 0 Å². The van der Waals surface area contributed by atoms with E-state index >= 15 is 0 Å². The molecule has 4 heteroatoms. The number of carbonyl (C=O) groups excluding carboxylic acids is 1. The Bertz CT molecular complexity index is 177. The summed E-state index contributed by atoms with van der Waals surface area (Å²) < 4.78 is 4.59. The third kappa shape index (κ3) is 1.02. The first kappa shape index (κ1) is 8.49. The van der Waals surface area contributed by atoms with Crippen molar-refractivity contribution in [2.24, 2.45) is 5.92 Å². The van der Waals surface area contributed by atoms with Gasteiger partial charge in [-0.25, -0.2) is 4.79 Å². The van der Waals surface area contributed by atoms with Crippen LogP contribution < -0.4 is 0 Å². The Hall–Kier alpha value is -0.610. The molecule has 1 aliphatic rings. The van der Waals surface area contributed by atoms with Crippen molar-refractivity contribution in [1.29, 1.82) is 0 Å². The molecule has 11 heavy (non-hydrogen) atoms. The SMILES string of the molecule is CC(O)C1(O)C(=O)OCC1C. The Labute approximate surface area is 64.8 Å². The second-order valence-electron chi connectivity index (χ2n) is 3.00. The van der Waals surface area contributed by atoms with Crippen LogP contribution in [0.25, 0.3) is 0 Å². The lowest BCUT2D eigenvalue weighted by molar-refractivity contribution is -0.164. The highest BCUT2D eigenvalue weighted by Gasteiger charge is 2.52. The van der Waals surface area contributed by atoms with E-state index in [1.54, 1.807) is 6.92 Å². The largest absolute Gasteiger partial charge is 0.463 e. The molecule has 0 spiro atoms. The average molecular weight is 160 g/mol. The maximum absolute atomic E-state index is 10.9. The van der Waals surface area contributed by atoms with E-state index in [1.165, 1.54) is 6.92 Å². The molecule has 2 N–H and O–H groups in total. The number of cyclic esters (lactones) is 1. The summed E-state index contributed by atoms with van der Waals surface area (Å²) >= 11 is 0. The van der Waals surface area contributed by atoms with Gasteiger partial charge in [0.2, 0.25) is 0 Å². The number of hydrogen-bond acceptors (Lipinski definition) is 4. The third-order valence-corrected chi connectivity index (χ3v) is 2.18. The highest BCUT2D eigenvalue weighted by Crippen LogP contribution is 2.29. The number of hydrogen-bond donors (Lipinski definition) is 2. The van der Waals surface area contributed by atoms with Gasteiger partial charge in [0, 0.05) is 5.92 Å². The van der Waals surface area contributed by atoms with Crippen molar-refractivity contribution in [2.45, 2.75) is 25.6 Å². The predicted molar refractivity (Wildman–Crippen MR) is 36.8 cm³/mol. The van der Waals surface area contributed by atoms with E-state index < -0.39 is 17.7 Å². The topological polar surface area (TPSA) is 66.8 Å². The normalized spacial score (nSPS) is 40.4. The summed E-state index contributed by atoms with van der Waals surface area (Å²) in [4.78, 5) is 10.9. The van der Waals surface area contributed by atoms with Crippen LogP contribution in [0.4, 0.5) is 0 Å². The van der Waals surface area contributed by atoms with Crippen LogP contribution in [-0.4, -0.2) is 34.5 Å². The van der Waals surface area contributed by atoms with Gasteiger partial charge in [-0.05, 0) is 6.92 Å². The van der Waals surface area contributed by atoms with Gasteiger partial charge in [-0.15, -0.1) is 0 Å². The molecule has 0 aromatic rings. The minimum atomic E-state index is -1.69. The number of aliphatic hydroxyl groups is 2. The monoisotopic (exact) mass is 160 g/mol. The molecule has 0 aliphatic carbocycles. The van der Waals surface area contributed by atoms with Gasteiger partial charge in [0.25, 0.3) is 0 Å². The van der Waals surface area contributed by atoms with Gasteiger partial charge in [-0.2, -0.15) is 0 Å². The summed E-state index contributed by atoms with van der Waals surface area (Å²) in [6.07, 6.45) is -1.08. The zero-order chi connectivity index (χ0) is 8.65. The molecule has 4 nitrogen and oxygen atoms in total. The number of ether oxygens (including phenoxy) is 1. The van der Waals surface area contributed by atoms with Gasteiger partial charge in [0.05, 0.1) is 12.7 Å². The van der Waals surface area contributed by atoms with E-state index in [2.05, 4.69) is 4.74 Å². The molecule has 0 aromatic heterocycles. The van der Waals surface area contributed by atoms with E-state index in [1.807, 2.05) is 0 Å². The second kappa shape index (κ2) is 2.46. The first-order chi connectivity index (χ1) is 4.99. The van der Waals surface area contributed by atoms with Crippen LogP contribution in [0.5, 0.6) is 0 Å². The lowest BCUT2D eigenvalue weighted by Gasteiger charge is -2.25. The molecule has 0 bridgehead atoms. The zero-order valence-corrected chi connectivity index (χ0v) is 6.57. The highest BCUT2D eigenvalue weighted by molar-refractivity contribution is 5.82. The smallest absolute Gasteiger partial charge is 0.341 e. The Kier molecular flexibility index (Phi) is 1.90. The van der Waals surface area contributed by atoms with Gasteiger partial charge in [0.1, 0.15) is 0 Å². The van der Waals surface area contributed by atoms with E-state index in [4.69, 9.17) is 5.11 Å². The van der Waals surface area contributed by atoms with Crippen molar-refractivity contribution in [3.8, 4) is 0 Å². The maximum atomic E-state index is 10.9. The predicted octanol–water partition coefficient (Wildman–Crippen LogP) is -0.709. The molecule has 0 saturated carbocycles. The number of aliphatic hydroxyl groups excluding tert-OH is 1. The molecule has 64 valence electrons. The lowest BCUT2D eigenvalue weighted by atomic mass is 9.87. The molecular weight excluding hydrogens is 148 g/mol. The Morgan fingerprint density at radius 3 is 2.55 bits per heavy atom. The molecule has 1 rings (SSSR count). The molecule has 1 heterocycles. The number of rotatable bonds is 1. The van der Waals surface area contributed by atoms with Crippen LogP contribution in [-0.2, 0) is 9.53 Å². The molecule has 0 radical (unpaired) electrons. The summed E-state index contributed by atoms with van der Waals surface area (Å²) in [5.41, 5.74) is -1.69. The van der Waals surface area contributed by atoms with Crippen LogP contribution in [0.2, 0.25) is 0 Å². The van der Waals surface area contributed by atoms with Crippen LogP contribution in [0.15, 0.2) is 0 Å². The van der Waals surface area contributed by atoms with Crippen LogP contribution >= 0.6 is 0 Å². The van der Waals surface area contributed by atoms with Crippen LogP contribution in [0.1, 0.15) is 13.8 Å². The lowest BCUT2D eigenvalue weighted by Crippen LogP contribution is -2.49. The van der Waals surface area contributed by atoms with Crippen molar-refractivity contribution >= 4 is 5.97 Å².